The predicted molar refractivity (Wildman–Crippen MR) is 108 cm³/mol. The number of hydrogen-bond acceptors (Lipinski definition) is 4. The Morgan fingerprint density at radius 1 is 1.12 bits per heavy atom. The minimum Gasteiger partial charge on any atom is -0.390 e. The highest BCUT2D eigenvalue weighted by Gasteiger charge is 2.27. The van der Waals surface area contributed by atoms with E-state index in [1.54, 1.807) is 11.3 Å². The number of nitrogens with zero attached hydrogens (tertiary/aromatic N) is 1. The molecule has 0 radical (unpaired) electrons. The number of anilines is 1. The maximum atomic E-state index is 13.0. The first-order valence-electron chi connectivity index (χ1n) is 8.89. The van der Waals surface area contributed by atoms with Gasteiger partial charge in [-0.15, -0.1) is 11.3 Å². The van der Waals surface area contributed by atoms with Gasteiger partial charge in [-0.05, 0) is 24.5 Å². The summed E-state index contributed by atoms with van der Waals surface area (Å²) in [6.45, 7) is 4.77. The molecule has 0 bridgehead atoms. The van der Waals surface area contributed by atoms with Gasteiger partial charge in [0, 0.05) is 30.1 Å². The smallest absolute Gasteiger partial charge is 0.196 e. The van der Waals surface area contributed by atoms with Crippen molar-refractivity contribution in [2.75, 3.05) is 12.3 Å². The third-order valence-corrected chi connectivity index (χ3v) is 6.00. The van der Waals surface area contributed by atoms with Crippen LogP contribution in [0, 0.1) is 6.92 Å². The van der Waals surface area contributed by atoms with Crippen LogP contribution in [-0.4, -0.2) is 17.2 Å². The van der Waals surface area contributed by atoms with Gasteiger partial charge < -0.3 is 5.73 Å². The Morgan fingerprint density at radius 2 is 1.85 bits per heavy atom. The molecule has 26 heavy (non-hydrogen) atoms. The summed E-state index contributed by atoms with van der Waals surface area (Å²) in [5.41, 5.74) is 11.3. The molecule has 1 aliphatic rings. The van der Waals surface area contributed by atoms with E-state index in [9.17, 15) is 4.79 Å². The number of carbonyl (C=O) groups excluding carboxylic acids is 1. The van der Waals surface area contributed by atoms with Crippen molar-refractivity contribution in [2.24, 2.45) is 0 Å². The molecule has 3 aromatic rings. The second-order valence-corrected chi connectivity index (χ2v) is 8.02. The van der Waals surface area contributed by atoms with Crippen LogP contribution < -0.4 is 5.73 Å². The number of hydrogen-bond donors (Lipinski definition) is 1. The number of carbonyl (C=O) groups is 1. The van der Waals surface area contributed by atoms with Crippen LogP contribution in [0.4, 0.5) is 5.00 Å². The highest BCUT2D eigenvalue weighted by atomic mass is 32.1. The van der Waals surface area contributed by atoms with Crippen molar-refractivity contribution in [1.29, 1.82) is 0 Å². The lowest BCUT2D eigenvalue weighted by molar-refractivity contribution is 0.103. The maximum Gasteiger partial charge on any atom is 0.196 e. The number of nitrogens with two attached hydrogens (primary N) is 1. The molecule has 4 heteroatoms. The Balaban J connectivity index is 1.57. The van der Waals surface area contributed by atoms with E-state index in [1.165, 1.54) is 10.4 Å². The van der Waals surface area contributed by atoms with Gasteiger partial charge in [-0.3, -0.25) is 9.69 Å². The van der Waals surface area contributed by atoms with Crippen molar-refractivity contribution in [1.82, 2.24) is 4.90 Å². The summed E-state index contributed by atoms with van der Waals surface area (Å²) in [5.74, 6) is 0.0523. The molecule has 2 heterocycles. The summed E-state index contributed by atoms with van der Waals surface area (Å²) >= 11 is 1.57. The Kier molecular flexibility index (Phi) is 4.62. The van der Waals surface area contributed by atoms with Gasteiger partial charge in [0.2, 0.25) is 0 Å². The molecule has 3 nitrogen and oxygen atoms in total. The van der Waals surface area contributed by atoms with E-state index in [0.717, 1.165) is 48.3 Å². The summed E-state index contributed by atoms with van der Waals surface area (Å²) < 4.78 is 0. The number of aryl methyl sites for hydroxylation is 1. The molecule has 2 aromatic carbocycles. The van der Waals surface area contributed by atoms with Crippen molar-refractivity contribution in [3.8, 4) is 0 Å². The molecule has 1 aliphatic heterocycles. The molecule has 2 N–H and O–H groups in total. The van der Waals surface area contributed by atoms with E-state index in [4.69, 9.17) is 5.73 Å². The van der Waals surface area contributed by atoms with Gasteiger partial charge >= 0.3 is 0 Å². The zero-order valence-corrected chi connectivity index (χ0v) is 15.7. The second-order valence-electron chi connectivity index (χ2n) is 6.88. The standard InChI is InChI=1S/C22H22N2OS/c1-15-7-9-17(10-8-15)21(25)20-18-11-12-24(14-19(18)26-22(20)23)13-16-5-3-2-4-6-16/h2-10H,11-14,23H2,1H3. The minimum absolute atomic E-state index is 0.0523. The molecule has 0 amide bonds. The molecular weight excluding hydrogens is 340 g/mol. The van der Waals surface area contributed by atoms with Crippen LogP contribution in [0.5, 0.6) is 0 Å². The van der Waals surface area contributed by atoms with Gasteiger partial charge in [0.15, 0.2) is 5.78 Å². The predicted octanol–water partition coefficient (Wildman–Crippen LogP) is 4.43. The van der Waals surface area contributed by atoms with E-state index in [0.29, 0.717) is 5.00 Å². The average Bonchev–Trinajstić information content (AvgIpc) is 2.97. The SMILES string of the molecule is Cc1ccc(C(=O)c2c(N)sc3c2CCN(Cc2ccccc2)C3)cc1. The van der Waals surface area contributed by atoms with Crippen LogP contribution in [0.2, 0.25) is 0 Å². The molecule has 0 saturated heterocycles. The molecule has 0 aliphatic carbocycles. The van der Waals surface area contributed by atoms with Crippen LogP contribution in [0.15, 0.2) is 54.6 Å². The van der Waals surface area contributed by atoms with Gasteiger partial charge in [-0.2, -0.15) is 0 Å². The fourth-order valence-electron chi connectivity index (χ4n) is 3.55. The van der Waals surface area contributed by atoms with Crippen LogP contribution in [0.3, 0.4) is 0 Å². The van der Waals surface area contributed by atoms with Gasteiger partial charge in [0.25, 0.3) is 0 Å². The van der Waals surface area contributed by atoms with Crippen molar-refractivity contribution in [2.45, 2.75) is 26.4 Å². The summed E-state index contributed by atoms with van der Waals surface area (Å²) in [7, 11) is 0. The summed E-state index contributed by atoms with van der Waals surface area (Å²) in [4.78, 5) is 16.7. The van der Waals surface area contributed by atoms with Gasteiger partial charge in [0.05, 0.1) is 10.6 Å². The third kappa shape index (κ3) is 3.30. The van der Waals surface area contributed by atoms with E-state index in [2.05, 4.69) is 29.2 Å². The first-order valence-corrected chi connectivity index (χ1v) is 9.71. The zero-order chi connectivity index (χ0) is 18.1. The molecule has 0 spiro atoms. The van der Waals surface area contributed by atoms with Crippen LogP contribution >= 0.6 is 11.3 Å². The average molecular weight is 362 g/mol. The number of thiophene rings is 1. The molecular formula is C22H22N2OS. The first-order chi connectivity index (χ1) is 12.6. The largest absolute Gasteiger partial charge is 0.390 e. The van der Waals surface area contributed by atoms with Crippen molar-refractivity contribution in [3.05, 3.63) is 87.3 Å². The van der Waals surface area contributed by atoms with Gasteiger partial charge in [0.1, 0.15) is 0 Å². The number of fused-ring (bicyclic) bond motifs is 1. The first kappa shape index (κ1) is 17.0. The van der Waals surface area contributed by atoms with E-state index in [-0.39, 0.29) is 5.78 Å². The molecule has 0 saturated carbocycles. The molecule has 0 fully saturated rings. The number of rotatable bonds is 4. The lowest BCUT2D eigenvalue weighted by atomic mass is 9.95. The molecule has 0 atom stereocenters. The normalized spacial score (nSPS) is 14.2. The van der Waals surface area contributed by atoms with E-state index in [1.807, 2.05) is 37.3 Å². The highest BCUT2D eigenvalue weighted by molar-refractivity contribution is 7.16. The van der Waals surface area contributed by atoms with E-state index >= 15 is 0 Å². The lowest BCUT2D eigenvalue weighted by Gasteiger charge is -2.27. The molecule has 4 rings (SSSR count). The highest BCUT2D eigenvalue weighted by Crippen LogP contribution is 2.36. The molecule has 132 valence electrons. The van der Waals surface area contributed by atoms with Crippen LogP contribution in [0.1, 0.15) is 37.5 Å². The topological polar surface area (TPSA) is 46.3 Å². The van der Waals surface area contributed by atoms with Crippen molar-refractivity contribution >= 4 is 22.1 Å². The summed E-state index contributed by atoms with van der Waals surface area (Å²) in [6.07, 6.45) is 0.878. The van der Waals surface area contributed by atoms with Gasteiger partial charge in [-0.25, -0.2) is 0 Å². The maximum absolute atomic E-state index is 13.0. The molecule has 1 aromatic heterocycles. The minimum atomic E-state index is 0.0523. The Labute approximate surface area is 158 Å². The third-order valence-electron chi connectivity index (χ3n) is 4.95. The number of ketones is 1. The number of nitrogen functional groups attached to an aromatic ring is 1. The van der Waals surface area contributed by atoms with Crippen LogP contribution in [0.25, 0.3) is 0 Å². The lowest BCUT2D eigenvalue weighted by Crippen LogP contribution is -2.29. The second kappa shape index (κ2) is 7.06. The summed E-state index contributed by atoms with van der Waals surface area (Å²) in [5, 5.41) is 0.655. The fourth-order valence-corrected chi connectivity index (χ4v) is 4.71. The monoisotopic (exact) mass is 362 g/mol. The Bertz CT molecular complexity index is 929. The van der Waals surface area contributed by atoms with Gasteiger partial charge in [-0.1, -0.05) is 60.2 Å². The quantitative estimate of drug-likeness (QED) is 0.699. The molecule has 0 unspecified atom stereocenters. The van der Waals surface area contributed by atoms with Crippen LogP contribution in [-0.2, 0) is 19.5 Å². The Morgan fingerprint density at radius 3 is 2.58 bits per heavy atom. The fraction of sp³-hybridized carbons (Fsp3) is 0.227. The van der Waals surface area contributed by atoms with Crippen molar-refractivity contribution in [3.63, 3.8) is 0 Å². The summed E-state index contributed by atoms with van der Waals surface area (Å²) in [6, 6.07) is 18.2. The van der Waals surface area contributed by atoms with Crippen molar-refractivity contribution < 1.29 is 4.79 Å². The van der Waals surface area contributed by atoms with E-state index < -0.39 is 0 Å². The number of benzene rings is 2. The zero-order valence-electron chi connectivity index (χ0n) is 14.9. The Hall–Kier alpha value is -2.43.